The lowest BCUT2D eigenvalue weighted by atomic mass is 10.0. The highest BCUT2D eigenvalue weighted by molar-refractivity contribution is 5.99. The van der Waals surface area contributed by atoms with Gasteiger partial charge in [-0.25, -0.2) is 9.78 Å². The maximum Gasteiger partial charge on any atom is 0.405 e. The summed E-state index contributed by atoms with van der Waals surface area (Å²) < 4.78 is 36.8. The number of aromatic amines is 1. The number of urea groups is 1. The van der Waals surface area contributed by atoms with E-state index in [1.165, 1.54) is 31.5 Å². The number of alkyl halides is 3. The van der Waals surface area contributed by atoms with E-state index in [4.69, 9.17) is 10.8 Å². The Hall–Kier alpha value is -4.33. The molecule has 38 heavy (non-hydrogen) atoms. The van der Waals surface area contributed by atoms with Crippen LogP contribution >= 0.6 is 0 Å². The van der Waals surface area contributed by atoms with Crippen LogP contribution in [0.15, 0.2) is 41.0 Å². The summed E-state index contributed by atoms with van der Waals surface area (Å²) in [6.45, 7) is 1.73. The van der Waals surface area contributed by atoms with Gasteiger partial charge in [0.05, 0.1) is 23.9 Å². The van der Waals surface area contributed by atoms with Gasteiger partial charge in [0, 0.05) is 36.4 Å². The molecule has 0 fully saturated rings. The van der Waals surface area contributed by atoms with Crippen LogP contribution < -0.4 is 16.0 Å². The summed E-state index contributed by atoms with van der Waals surface area (Å²) in [6, 6.07) is 4.60. The number of aliphatic hydroxyl groups is 1. The molecule has 3 amide bonds. The lowest BCUT2D eigenvalue weighted by Crippen LogP contribution is -2.36. The highest BCUT2D eigenvalue weighted by atomic mass is 19.4. The molecule has 0 aliphatic carbocycles. The zero-order chi connectivity index (χ0) is 28.3. The number of anilines is 1. The minimum atomic E-state index is -4.52. The molecule has 2 aromatic rings. The first kappa shape index (κ1) is 29.9. The Morgan fingerprint density at radius 3 is 2.61 bits per heavy atom. The van der Waals surface area contributed by atoms with Crippen LogP contribution in [0.1, 0.15) is 19.7 Å². The Bertz CT molecular complexity index is 1190. The molecule has 0 radical (unpaired) electrons. The number of rotatable bonds is 12. The molecule has 0 saturated heterocycles. The standard InChI is InChI=1S/C24H29F3N8O3/c1-14(36)10-32-22(37)15(2)30-11-18(9-29)17(8-28)7-21-31-12-20(35-21)16-4-3-5-19(6-16)34-23(38)33-13-24(25,26)27/h3-9,11-12,14-15,18,28-29,36H,10,13H2,1-2H3,(H,31,35)(H,32,37)(H2,33,34,38)/b17-7+,28-8?,29-9?,30-11?. The molecule has 0 aliphatic rings. The van der Waals surface area contributed by atoms with Crippen molar-refractivity contribution in [2.45, 2.75) is 32.2 Å². The van der Waals surface area contributed by atoms with Crippen molar-refractivity contribution < 1.29 is 27.9 Å². The van der Waals surface area contributed by atoms with E-state index in [1.54, 1.807) is 30.4 Å². The predicted molar refractivity (Wildman–Crippen MR) is 139 cm³/mol. The molecule has 1 heterocycles. The predicted octanol–water partition coefficient (Wildman–Crippen LogP) is 3.02. The van der Waals surface area contributed by atoms with Crippen molar-refractivity contribution >= 4 is 42.3 Å². The number of halogens is 3. The third kappa shape index (κ3) is 9.97. The highest BCUT2D eigenvalue weighted by Gasteiger charge is 2.27. The molecule has 1 aromatic heterocycles. The van der Waals surface area contributed by atoms with E-state index in [1.807, 2.05) is 0 Å². The maximum absolute atomic E-state index is 12.3. The molecule has 3 unspecified atom stereocenters. The zero-order valence-electron chi connectivity index (χ0n) is 20.6. The number of nitrogens with one attached hydrogen (secondary N) is 6. The van der Waals surface area contributed by atoms with E-state index < -0.39 is 42.7 Å². The summed E-state index contributed by atoms with van der Waals surface area (Å²) in [5.74, 6) is -0.755. The Labute approximate surface area is 216 Å². The minimum absolute atomic E-state index is 0.0867. The van der Waals surface area contributed by atoms with Gasteiger partial charge in [-0.15, -0.1) is 0 Å². The molecular weight excluding hydrogens is 505 g/mol. The quantitative estimate of drug-likeness (QED) is 0.207. The second kappa shape index (κ2) is 13.8. The largest absolute Gasteiger partial charge is 0.405 e. The molecule has 0 saturated carbocycles. The van der Waals surface area contributed by atoms with Crippen molar-refractivity contribution in [3.05, 3.63) is 41.9 Å². The normalized spacial score (nSPS) is 14.4. The second-order valence-electron chi connectivity index (χ2n) is 8.24. The number of amides is 3. The lowest BCUT2D eigenvalue weighted by molar-refractivity contribution is -0.123. The fourth-order valence-electron chi connectivity index (χ4n) is 2.98. The summed E-state index contributed by atoms with van der Waals surface area (Å²) in [6.07, 6.45) is 1.27. The van der Waals surface area contributed by atoms with Crippen molar-refractivity contribution in [2.75, 3.05) is 18.4 Å². The number of allylic oxidation sites excluding steroid dienone is 1. The number of aromatic nitrogens is 2. The first-order chi connectivity index (χ1) is 17.9. The van der Waals surface area contributed by atoms with Crippen molar-refractivity contribution in [2.24, 2.45) is 10.9 Å². The molecule has 1 aromatic carbocycles. The molecule has 3 atom stereocenters. The minimum Gasteiger partial charge on any atom is -0.392 e. The number of aliphatic hydroxyl groups excluding tert-OH is 1. The first-order valence-electron chi connectivity index (χ1n) is 11.4. The van der Waals surface area contributed by atoms with Crippen LogP contribution in [0.25, 0.3) is 17.3 Å². The number of imidazole rings is 1. The number of H-pyrrole nitrogens is 1. The molecule has 204 valence electrons. The second-order valence-corrected chi connectivity index (χ2v) is 8.24. The first-order valence-corrected chi connectivity index (χ1v) is 11.4. The molecule has 2 rings (SSSR count). The van der Waals surface area contributed by atoms with Gasteiger partial charge in [-0.2, -0.15) is 13.2 Å². The van der Waals surface area contributed by atoms with Gasteiger partial charge in [-0.1, -0.05) is 12.1 Å². The summed E-state index contributed by atoms with van der Waals surface area (Å²) in [4.78, 5) is 35.2. The average Bonchev–Trinajstić information content (AvgIpc) is 3.33. The Kier molecular flexibility index (Phi) is 10.9. The number of nitrogens with zero attached hydrogens (tertiary/aromatic N) is 2. The van der Waals surface area contributed by atoms with Gasteiger partial charge in [0.25, 0.3) is 0 Å². The van der Waals surface area contributed by atoms with Crippen LogP contribution in [-0.4, -0.2) is 77.1 Å². The Balaban J connectivity index is 2.12. The highest BCUT2D eigenvalue weighted by Crippen LogP contribution is 2.22. The van der Waals surface area contributed by atoms with Gasteiger partial charge in [0.1, 0.15) is 18.4 Å². The van der Waals surface area contributed by atoms with Crippen LogP contribution in [0.5, 0.6) is 0 Å². The van der Waals surface area contributed by atoms with Crippen molar-refractivity contribution in [1.29, 1.82) is 10.8 Å². The molecule has 14 heteroatoms. The van der Waals surface area contributed by atoms with Crippen molar-refractivity contribution in [1.82, 2.24) is 20.6 Å². The third-order valence-corrected chi connectivity index (χ3v) is 4.93. The van der Waals surface area contributed by atoms with Crippen molar-refractivity contribution in [3.63, 3.8) is 0 Å². The van der Waals surface area contributed by atoms with Gasteiger partial charge in [-0.05, 0) is 37.6 Å². The number of aliphatic imine (C=N–C) groups is 1. The van der Waals surface area contributed by atoms with Gasteiger partial charge >= 0.3 is 12.2 Å². The van der Waals surface area contributed by atoms with E-state index in [0.717, 1.165) is 12.4 Å². The number of hydrogen-bond donors (Lipinski definition) is 7. The average molecular weight is 535 g/mol. The van der Waals surface area contributed by atoms with Gasteiger partial charge < -0.3 is 36.9 Å². The smallest absolute Gasteiger partial charge is 0.392 e. The van der Waals surface area contributed by atoms with E-state index in [0.29, 0.717) is 22.7 Å². The summed E-state index contributed by atoms with van der Waals surface area (Å²) in [5, 5.41) is 31.3. The van der Waals surface area contributed by atoms with Crippen LogP contribution in [0.2, 0.25) is 0 Å². The van der Waals surface area contributed by atoms with Crippen LogP contribution in [0.4, 0.5) is 23.7 Å². The Morgan fingerprint density at radius 1 is 1.24 bits per heavy atom. The van der Waals surface area contributed by atoms with Crippen LogP contribution in [0.3, 0.4) is 0 Å². The van der Waals surface area contributed by atoms with Crippen LogP contribution in [0, 0.1) is 16.7 Å². The number of benzene rings is 1. The Morgan fingerprint density at radius 2 is 1.97 bits per heavy atom. The fourth-order valence-corrected chi connectivity index (χ4v) is 2.98. The number of hydrogen-bond acceptors (Lipinski definition) is 7. The SMILES string of the molecule is CC(O)CNC(=O)C(C)N=CC(C=N)/C(C=N)=C/c1ncc(-c2cccc(NC(=O)NCC(F)(F)F)c2)[nH]1. The monoisotopic (exact) mass is 534 g/mol. The summed E-state index contributed by atoms with van der Waals surface area (Å²) in [5.41, 5.74) is 1.74. The molecule has 0 bridgehead atoms. The topological polar surface area (TPSA) is 179 Å². The summed E-state index contributed by atoms with van der Waals surface area (Å²) >= 11 is 0. The number of carbonyl (C=O) groups is 2. The van der Waals surface area contributed by atoms with E-state index >= 15 is 0 Å². The van der Waals surface area contributed by atoms with Gasteiger partial charge in [-0.3, -0.25) is 9.79 Å². The van der Waals surface area contributed by atoms with E-state index in [2.05, 4.69) is 25.6 Å². The van der Waals surface area contributed by atoms with Gasteiger partial charge in [0.15, 0.2) is 0 Å². The maximum atomic E-state index is 12.3. The molecule has 7 N–H and O–H groups in total. The van der Waals surface area contributed by atoms with E-state index in [-0.39, 0.29) is 12.2 Å². The van der Waals surface area contributed by atoms with Gasteiger partial charge in [0.2, 0.25) is 5.91 Å². The van der Waals surface area contributed by atoms with E-state index in [9.17, 15) is 27.9 Å². The molecule has 11 nitrogen and oxygen atoms in total. The zero-order valence-corrected chi connectivity index (χ0v) is 20.6. The third-order valence-electron chi connectivity index (χ3n) is 4.93. The fraction of sp³-hybridized carbons (Fsp3) is 0.333. The molecular formula is C24H29F3N8O3. The van der Waals surface area contributed by atoms with Crippen molar-refractivity contribution in [3.8, 4) is 11.3 Å². The lowest BCUT2D eigenvalue weighted by Gasteiger charge is -2.11. The molecule has 0 spiro atoms. The van der Waals surface area contributed by atoms with Crippen LogP contribution in [-0.2, 0) is 4.79 Å². The molecule has 0 aliphatic heterocycles. The number of carbonyl (C=O) groups excluding carboxylic acids is 2. The summed E-state index contributed by atoms with van der Waals surface area (Å²) in [7, 11) is 0.